The summed E-state index contributed by atoms with van der Waals surface area (Å²) in [6, 6.07) is 3.27. The SMILES string of the molecule is CC(NCC(C)S(C)=O)C(=O)NCc1ccco1. The molecule has 1 amide bonds. The van der Waals surface area contributed by atoms with Crippen molar-refractivity contribution in [2.75, 3.05) is 12.8 Å². The van der Waals surface area contributed by atoms with Gasteiger partial charge in [0.15, 0.2) is 0 Å². The largest absolute Gasteiger partial charge is 0.467 e. The van der Waals surface area contributed by atoms with Gasteiger partial charge in [0.05, 0.1) is 18.8 Å². The first kappa shape index (κ1) is 14.9. The van der Waals surface area contributed by atoms with E-state index in [0.29, 0.717) is 13.1 Å². The van der Waals surface area contributed by atoms with Crippen LogP contribution < -0.4 is 10.6 Å². The minimum absolute atomic E-state index is 0.0327. The maximum atomic E-state index is 11.7. The van der Waals surface area contributed by atoms with Crippen LogP contribution in [0, 0.1) is 0 Å². The summed E-state index contributed by atoms with van der Waals surface area (Å²) in [7, 11) is -0.877. The summed E-state index contributed by atoms with van der Waals surface area (Å²) in [5, 5.41) is 5.86. The molecule has 3 atom stereocenters. The molecule has 1 aromatic heterocycles. The Bertz CT molecular complexity index is 392. The Kier molecular flexibility index (Phi) is 6.07. The maximum absolute atomic E-state index is 11.7. The lowest BCUT2D eigenvalue weighted by molar-refractivity contribution is -0.123. The van der Waals surface area contributed by atoms with E-state index in [9.17, 15) is 9.00 Å². The second kappa shape index (κ2) is 7.33. The summed E-state index contributed by atoms with van der Waals surface area (Å²) in [6.07, 6.45) is 3.23. The molecule has 0 spiro atoms. The first-order valence-electron chi connectivity index (χ1n) is 5.86. The van der Waals surface area contributed by atoms with Crippen molar-refractivity contribution in [3.63, 3.8) is 0 Å². The predicted molar refractivity (Wildman–Crippen MR) is 71.5 cm³/mol. The first-order chi connectivity index (χ1) is 8.50. The highest BCUT2D eigenvalue weighted by Gasteiger charge is 2.14. The molecule has 0 aliphatic heterocycles. The number of hydrogen-bond donors (Lipinski definition) is 2. The molecule has 0 radical (unpaired) electrons. The molecule has 0 fully saturated rings. The molecule has 0 saturated heterocycles. The van der Waals surface area contributed by atoms with Crippen LogP contribution in [-0.4, -0.2) is 34.2 Å². The van der Waals surface area contributed by atoms with Gasteiger partial charge < -0.3 is 15.1 Å². The lowest BCUT2D eigenvalue weighted by Crippen LogP contribution is -2.44. The Morgan fingerprint density at radius 2 is 2.22 bits per heavy atom. The van der Waals surface area contributed by atoms with Crippen molar-refractivity contribution >= 4 is 16.7 Å². The van der Waals surface area contributed by atoms with E-state index in [4.69, 9.17) is 4.42 Å². The zero-order valence-corrected chi connectivity index (χ0v) is 11.8. The third-order valence-corrected chi connectivity index (χ3v) is 3.99. The highest BCUT2D eigenvalue weighted by Crippen LogP contribution is 1.99. The van der Waals surface area contributed by atoms with Crippen LogP contribution in [0.3, 0.4) is 0 Å². The molecule has 0 aromatic carbocycles. The Labute approximate surface area is 110 Å². The fraction of sp³-hybridized carbons (Fsp3) is 0.583. The standard InChI is InChI=1S/C12H20N2O3S/c1-9(18(3)16)7-13-10(2)12(15)14-8-11-5-4-6-17-11/h4-6,9-10,13H,7-8H2,1-3H3,(H,14,15). The smallest absolute Gasteiger partial charge is 0.237 e. The van der Waals surface area contributed by atoms with Gasteiger partial charge in [-0.25, -0.2) is 0 Å². The van der Waals surface area contributed by atoms with Gasteiger partial charge >= 0.3 is 0 Å². The predicted octanol–water partition coefficient (Wildman–Crippen LogP) is 0.641. The van der Waals surface area contributed by atoms with Crippen molar-refractivity contribution in [3.05, 3.63) is 24.2 Å². The third-order valence-electron chi connectivity index (χ3n) is 2.69. The normalized spacial score (nSPS) is 15.9. The second-order valence-corrected chi connectivity index (χ2v) is 6.04. The Hall–Kier alpha value is -1.14. The lowest BCUT2D eigenvalue weighted by atomic mass is 10.3. The monoisotopic (exact) mass is 272 g/mol. The summed E-state index contributed by atoms with van der Waals surface area (Å²) in [4.78, 5) is 11.7. The lowest BCUT2D eigenvalue weighted by Gasteiger charge is -2.16. The average molecular weight is 272 g/mol. The van der Waals surface area contributed by atoms with Crippen LogP contribution >= 0.6 is 0 Å². The first-order valence-corrected chi connectivity index (χ1v) is 7.48. The van der Waals surface area contributed by atoms with Gasteiger partial charge in [0.1, 0.15) is 5.76 Å². The summed E-state index contributed by atoms with van der Waals surface area (Å²) in [5.74, 6) is 0.624. The molecule has 0 aliphatic rings. The van der Waals surface area contributed by atoms with E-state index in [1.54, 1.807) is 31.6 Å². The topological polar surface area (TPSA) is 71.3 Å². The summed E-state index contributed by atoms with van der Waals surface area (Å²) in [6.45, 7) is 4.60. The fourth-order valence-electron chi connectivity index (χ4n) is 1.29. The molecule has 0 saturated carbocycles. The molecule has 1 aromatic rings. The number of furan rings is 1. The van der Waals surface area contributed by atoms with Gasteiger partial charge in [-0.15, -0.1) is 0 Å². The molecule has 18 heavy (non-hydrogen) atoms. The Morgan fingerprint density at radius 1 is 1.50 bits per heavy atom. The summed E-state index contributed by atoms with van der Waals surface area (Å²) >= 11 is 0. The van der Waals surface area contributed by atoms with Crippen LogP contribution in [0.25, 0.3) is 0 Å². The maximum Gasteiger partial charge on any atom is 0.237 e. The number of nitrogens with one attached hydrogen (secondary N) is 2. The van der Waals surface area contributed by atoms with Crippen molar-refractivity contribution in [1.82, 2.24) is 10.6 Å². The van der Waals surface area contributed by atoms with Crippen LogP contribution in [0.5, 0.6) is 0 Å². The molecular weight excluding hydrogens is 252 g/mol. The van der Waals surface area contributed by atoms with Gasteiger partial charge in [-0.05, 0) is 26.0 Å². The van der Waals surface area contributed by atoms with Crippen LogP contribution in [-0.2, 0) is 22.1 Å². The van der Waals surface area contributed by atoms with Gasteiger partial charge in [0.2, 0.25) is 5.91 Å². The minimum atomic E-state index is -0.877. The third kappa shape index (κ3) is 5.01. The van der Waals surface area contributed by atoms with Gasteiger partial charge in [-0.3, -0.25) is 9.00 Å². The van der Waals surface area contributed by atoms with Gasteiger partial charge in [0, 0.05) is 28.9 Å². The van der Waals surface area contributed by atoms with Crippen molar-refractivity contribution in [1.29, 1.82) is 0 Å². The summed E-state index contributed by atoms with van der Waals surface area (Å²) < 4.78 is 16.3. The molecule has 6 heteroatoms. The quantitative estimate of drug-likeness (QED) is 0.764. The molecule has 5 nitrogen and oxygen atoms in total. The summed E-state index contributed by atoms with van der Waals surface area (Å²) in [5.41, 5.74) is 0. The highest BCUT2D eigenvalue weighted by atomic mass is 32.2. The van der Waals surface area contributed by atoms with E-state index >= 15 is 0 Å². The van der Waals surface area contributed by atoms with Crippen molar-refractivity contribution in [2.45, 2.75) is 31.7 Å². The molecule has 102 valence electrons. The minimum Gasteiger partial charge on any atom is -0.467 e. The molecule has 1 rings (SSSR count). The van der Waals surface area contributed by atoms with Gasteiger partial charge in [-0.2, -0.15) is 0 Å². The molecule has 2 N–H and O–H groups in total. The van der Waals surface area contributed by atoms with E-state index in [0.717, 1.165) is 5.76 Å². The van der Waals surface area contributed by atoms with Crippen LogP contribution in [0.15, 0.2) is 22.8 Å². The van der Waals surface area contributed by atoms with Crippen molar-refractivity contribution in [3.8, 4) is 0 Å². The number of rotatable bonds is 7. The van der Waals surface area contributed by atoms with E-state index in [1.807, 2.05) is 6.92 Å². The second-order valence-electron chi connectivity index (χ2n) is 4.24. The van der Waals surface area contributed by atoms with Crippen molar-refractivity contribution < 1.29 is 13.4 Å². The highest BCUT2D eigenvalue weighted by molar-refractivity contribution is 7.84. The number of amides is 1. The molecule has 3 unspecified atom stereocenters. The van der Waals surface area contributed by atoms with Gasteiger partial charge in [0.25, 0.3) is 0 Å². The van der Waals surface area contributed by atoms with Crippen LogP contribution in [0.1, 0.15) is 19.6 Å². The zero-order valence-electron chi connectivity index (χ0n) is 10.9. The van der Waals surface area contributed by atoms with Gasteiger partial charge in [-0.1, -0.05) is 0 Å². The molecule has 0 bridgehead atoms. The van der Waals surface area contributed by atoms with E-state index in [2.05, 4.69) is 10.6 Å². The molecular formula is C12H20N2O3S. The number of carbonyl (C=O) groups is 1. The number of carbonyl (C=O) groups excluding carboxylic acids is 1. The van der Waals surface area contributed by atoms with E-state index < -0.39 is 10.8 Å². The van der Waals surface area contributed by atoms with E-state index in [-0.39, 0.29) is 17.2 Å². The van der Waals surface area contributed by atoms with Crippen LogP contribution in [0.4, 0.5) is 0 Å². The zero-order chi connectivity index (χ0) is 13.5. The molecule has 0 aliphatic carbocycles. The van der Waals surface area contributed by atoms with Crippen molar-refractivity contribution in [2.24, 2.45) is 0 Å². The van der Waals surface area contributed by atoms with E-state index in [1.165, 1.54) is 0 Å². The Balaban J connectivity index is 2.26. The molecule has 1 heterocycles. The average Bonchev–Trinajstić information content (AvgIpc) is 2.85. The number of hydrogen-bond acceptors (Lipinski definition) is 4. The Morgan fingerprint density at radius 3 is 2.78 bits per heavy atom. The van der Waals surface area contributed by atoms with Crippen LogP contribution in [0.2, 0.25) is 0 Å². The fourth-order valence-corrected chi connectivity index (χ4v) is 1.62.